The molecule has 0 aliphatic carbocycles. The standard InChI is InChI=1S/C19H20F4N4O/c1-10-4-5-12(8-14(10)21)11(2)26-19(24-3)25-9-16(28)27-15-7-6-13(20)17(22)18(15)23/h4-8,11H,9H2,1-3H3,(H,27,28)(H2,24,25,26). The van der Waals surface area contributed by atoms with Crippen LogP contribution in [0.1, 0.15) is 24.1 Å². The summed E-state index contributed by atoms with van der Waals surface area (Å²) < 4.78 is 53.4. The molecule has 0 bridgehead atoms. The smallest absolute Gasteiger partial charge is 0.243 e. The molecule has 0 aromatic heterocycles. The van der Waals surface area contributed by atoms with Crippen molar-refractivity contribution >= 4 is 17.6 Å². The number of benzene rings is 2. The molecule has 0 fully saturated rings. The van der Waals surface area contributed by atoms with Gasteiger partial charge in [0.15, 0.2) is 23.4 Å². The first-order chi connectivity index (χ1) is 13.2. The Kier molecular flexibility index (Phi) is 6.97. The second kappa shape index (κ2) is 9.20. The largest absolute Gasteiger partial charge is 0.350 e. The highest BCUT2D eigenvalue weighted by molar-refractivity contribution is 5.95. The molecule has 0 spiro atoms. The SMILES string of the molecule is CN=C(NCC(=O)Nc1ccc(F)c(F)c1F)NC(C)c1ccc(C)c(F)c1. The number of amides is 1. The summed E-state index contributed by atoms with van der Waals surface area (Å²) in [6.45, 7) is 3.13. The number of aryl methyl sites for hydroxylation is 1. The van der Waals surface area contributed by atoms with E-state index < -0.39 is 29.0 Å². The lowest BCUT2D eigenvalue weighted by Gasteiger charge is -2.18. The minimum absolute atomic E-state index is 0.245. The van der Waals surface area contributed by atoms with Crippen molar-refractivity contribution in [1.82, 2.24) is 10.6 Å². The van der Waals surface area contributed by atoms with Gasteiger partial charge in [0.05, 0.1) is 18.3 Å². The molecule has 28 heavy (non-hydrogen) atoms. The summed E-state index contributed by atoms with van der Waals surface area (Å²) in [5.41, 5.74) is 0.732. The number of hydrogen-bond acceptors (Lipinski definition) is 2. The lowest BCUT2D eigenvalue weighted by atomic mass is 10.1. The van der Waals surface area contributed by atoms with Crippen molar-refractivity contribution in [2.75, 3.05) is 18.9 Å². The lowest BCUT2D eigenvalue weighted by molar-refractivity contribution is -0.115. The Balaban J connectivity index is 1.93. The molecular formula is C19H20F4N4O. The van der Waals surface area contributed by atoms with Crippen LogP contribution in [0.25, 0.3) is 0 Å². The Morgan fingerprint density at radius 2 is 1.79 bits per heavy atom. The highest BCUT2D eigenvalue weighted by atomic mass is 19.2. The van der Waals surface area contributed by atoms with Crippen LogP contribution in [-0.4, -0.2) is 25.5 Å². The fraction of sp³-hybridized carbons (Fsp3) is 0.263. The predicted octanol–water partition coefficient (Wildman–Crippen LogP) is 3.42. The molecule has 150 valence electrons. The van der Waals surface area contributed by atoms with E-state index in [-0.39, 0.29) is 24.4 Å². The molecule has 2 rings (SSSR count). The molecule has 0 saturated heterocycles. The molecule has 3 N–H and O–H groups in total. The summed E-state index contributed by atoms with van der Waals surface area (Å²) in [4.78, 5) is 15.9. The Hall–Kier alpha value is -3.10. The molecule has 1 amide bonds. The van der Waals surface area contributed by atoms with Crippen molar-refractivity contribution in [3.05, 3.63) is 64.7 Å². The first-order valence-electron chi connectivity index (χ1n) is 8.39. The molecule has 0 aliphatic rings. The molecule has 0 saturated carbocycles. The Morgan fingerprint density at radius 1 is 1.07 bits per heavy atom. The average Bonchev–Trinajstić information content (AvgIpc) is 2.67. The summed E-state index contributed by atoms with van der Waals surface area (Å²) in [6.07, 6.45) is 0. The van der Waals surface area contributed by atoms with E-state index >= 15 is 0 Å². The third-order valence-electron chi connectivity index (χ3n) is 4.00. The number of anilines is 1. The zero-order valence-corrected chi connectivity index (χ0v) is 15.5. The molecule has 0 radical (unpaired) electrons. The van der Waals surface area contributed by atoms with Gasteiger partial charge in [-0.2, -0.15) is 0 Å². The summed E-state index contributed by atoms with van der Waals surface area (Å²) in [5, 5.41) is 7.83. The minimum atomic E-state index is -1.66. The Bertz CT molecular complexity index is 902. The molecule has 1 atom stereocenters. The van der Waals surface area contributed by atoms with Crippen LogP contribution in [-0.2, 0) is 4.79 Å². The van der Waals surface area contributed by atoms with Gasteiger partial charge in [-0.25, -0.2) is 17.6 Å². The minimum Gasteiger partial charge on any atom is -0.350 e. The van der Waals surface area contributed by atoms with E-state index in [0.29, 0.717) is 17.2 Å². The van der Waals surface area contributed by atoms with Crippen LogP contribution in [0.15, 0.2) is 35.3 Å². The molecule has 2 aromatic rings. The van der Waals surface area contributed by atoms with Crippen molar-refractivity contribution in [2.45, 2.75) is 19.9 Å². The van der Waals surface area contributed by atoms with Crippen LogP contribution >= 0.6 is 0 Å². The number of nitrogens with one attached hydrogen (secondary N) is 3. The first kappa shape index (κ1) is 21.2. The van der Waals surface area contributed by atoms with E-state index in [4.69, 9.17) is 0 Å². The van der Waals surface area contributed by atoms with Gasteiger partial charge in [0, 0.05) is 7.05 Å². The quantitative estimate of drug-likeness (QED) is 0.314. The van der Waals surface area contributed by atoms with Crippen molar-refractivity contribution in [3.8, 4) is 0 Å². The van der Waals surface area contributed by atoms with Crippen molar-refractivity contribution < 1.29 is 22.4 Å². The molecule has 5 nitrogen and oxygen atoms in total. The van der Waals surface area contributed by atoms with Gasteiger partial charge in [-0.1, -0.05) is 12.1 Å². The molecule has 1 unspecified atom stereocenters. The second-order valence-electron chi connectivity index (χ2n) is 6.07. The van der Waals surface area contributed by atoms with Crippen molar-refractivity contribution in [1.29, 1.82) is 0 Å². The van der Waals surface area contributed by atoms with Crippen molar-refractivity contribution in [2.24, 2.45) is 4.99 Å². The van der Waals surface area contributed by atoms with Gasteiger partial charge in [-0.15, -0.1) is 0 Å². The van der Waals surface area contributed by atoms with Crippen LogP contribution in [0, 0.1) is 30.2 Å². The number of guanidine groups is 1. The predicted molar refractivity (Wildman–Crippen MR) is 99.0 cm³/mol. The van der Waals surface area contributed by atoms with Crippen LogP contribution in [0.4, 0.5) is 23.2 Å². The average molecular weight is 396 g/mol. The maximum absolute atomic E-state index is 13.7. The maximum atomic E-state index is 13.7. The van der Waals surface area contributed by atoms with E-state index in [1.807, 2.05) is 0 Å². The van der Waals surface area contributed by atoms with Crippen LogP contribution in [0.2, 0.25) is 0 Å². The zero-order valence-electron chi connectivity index (χ0n) is 15.5. The third-order valence-corrected chi connectivity index (χ3v) is 4.00. The second-order valence-corrected chi connectivity index (χ2v) is 6.07. The van der Waals surface area contributed by atoms with Crippen LogP contribution in [0.3, 0.4) is 0 Å². The zero-order chi connectivity index (χ0) is 20.8. The topological polar surface area (TPSA) is 65.5 Å². The molecule has 2 aromatic carbocycles. The van der Waals surface area contributed by atoms with E-state index in [0.717, 1.165) is 6.07 Å². The molecule has 0 aliphatic heterocycles. The number of nitrogens with zero attached hydrogens (tertiary/aromatic N) is 1. The first-order valence-corrected chi connectivity index (χ1v) is 8.39. The van der Waals surface area contributed by atoms with E-state index in [1.54, 1.807) is 26.0 Å². The maximum Gasteiger partial charge on any atom is 0.243 e. The third kappa shape index (κ3) is 5.21. The molecule has 0 heterocycles. The van der Waals surface area contributed by atoms with Gasteiger partial charge in [0.2, 0.25) is 5.91 Å². The molecule has 9 heteroatoms. The lowest BCUT2D eigenvalue weighted by Crippen LogP contribution is -2.42. The fourth-order valence-corrected chi connectivity index (χ4v) is 2.34. The van der Waals surface area contributed by atoms with Gasteiger partial charge in [0.25, 0.3) is 0 Å². The normalized spacial score (nSPS) is 12.5. The summed E-state index contributed by atoms with van der Waals surface area (Å²) in [7, 11) is 1.48. The van der Waals surface area contributed by atoms with E-state index in [1.165, 1.54) is 13.1 Å². The number of carbonyl (C=O) groups is 1. The number of hydrogen-bond donors (Lipinski definition) is 3. The van der Waals surface area contributed by atoms with Gasteiger partial charge in [-0.3, -0.25) is 9.79 Å². The van der Waals surface area contributed by atoms with E-state index in [9.17, 15) is 22.4 Å². The number of aliphatic imine (C=N–C) groups is 1. The summed E-state index contributed by atoms with van der Waals surface area (Å²) in [5.74, 6) is -5.27. The number of carbonyl (C=O) groups excluding carboxylic acids is 1. The van der Waals surface area contributed by atoms with Gasteiger partial charge < -0.3 is 16.0 Å². The van der Waals surface area contributed by atoms with Crippen molar-refractivity contribution in [3.63, 3.8) is 0 Å². The van der Waals surface area contributed by atoms with Gasteiger partial charge >= 0.3 is 0 Å². The number of halogens is 4. The highest BCUT2D eigenvalue weighted by Gasteiger charge is 2.16. The number of rotatable bonds is 5. The van der Waals surface area contributed by atoms with Gasteiger partial charge in [-0.05, 0) is 43.2 Å². The van der Waals surface area contributed by atoms with Gasteiger partial charge in [0.1, 0.15) is 5.82 Å². The fourth-order valence-electron chi connectivity index (χ4n) is 2.34. The Morgan fingerprint density at radius 3 is 2.43 bits per heavy atom. The monoisotopic (exact) mass is 396 g/mol. The highest BCUT2D eigenvalue weighted by Crippen LogP contribution is 2.19. The Labute approximate surface area is 159 Å². The van der Waals surface area contributed by atoms with Crippen LogP contribution < -0.4 is 16.0 Å². The van der Waals surface area contributed by atoms with E-state index in [2.05, 4.69) is 20.9 Å². The summed E-state index contributed by atoms with van der Waals surface area (Å²) in [6, 6.07) is 6.15. The molecular weight excluding hydrogens is 376 g/mol. The summed E-state index contributed by atoms with van der Waals surface area (Å²) >= 11 is 0. The van der Waals surface area contributed by atoms with Crippen LogP contribution in [0.5, 0.6) is 0 Å².